The SMILES string of the molecule is Cc1nn(C)c(C)c1CCC(=O)NC1(C(=O)O)CCCC1. The van der Waals surface area contributed by atoms with Crippen molar-refractivity contribution in [3.63, 3.8) is 0 Å². The molecule has 116 valence electrons. The van der Waals surface area contributed by atoms with E-state index < -0.39 is 11.5 Å². The van der Waals surface area contributed by atoms with E-state index in [4.69, 9.17) is 0 Å². The van der Waals surface area contributed by atoms with E-state index in [1.807, 2.05) is 20.9 Å². The highest BCUT2D eigenvalue weighted by atomic mass is 16.4. The van der Waals surface area contributed by atoms with E-state index in [0.717, 1.165) is 29.8 Å². The maximum absolute atomic E-state index is 12.1. The summed E-state index contributed by atoms with van der Waals surface area (Å²) in [7, 11) is 1.88. The van der Waals surface area contributed by atoms with Gasteiger partial charge in [-0.3, -0.25) is 9.48 Å². The second-order valence-electron chi connectivity index (χ2n) is 5.92. The molecule has 0 unspecified atom stereocenters. The third-order valence-corrected chi connectivity index (χ3v) is 4.51. The molecule has 2 N–H and O–H groups in total. The van der Waals surface area contributed by atoms with Crippen LogP contribution in [0.1, 0.15) is 49.1 Å². The maximum atomic E-state index is 12.1. The standard InChI is InChI=1S/C15H23N3O3/c1-10-12(11(2)18(3)17-10)6-7-13(19)16-15(14(20)21)8-4-5-9-15/h4-9H2,1-3H3,(H,16,19)(H,20,21). The van der Waals surface area contributed by atoms with Crippen LogP contribution in [0, 0.1) is 13.8 Å². The molecule has 0 atom stereocenters. The van der Waals surface area contributed by atoms with Gasteiger partial charge in [0.15, 0.2) is 0 Å². The van der Waals surface area contributed by atoms with Gasteiger partial charge in [0.1, 0.15) is 5.54 Å². The fourth-order valence-corrected chi connectivity index (χ4v) is 3.12. The van der Waals surface area contributed by atoms with Gasteiger partial charge < -0.3 is 10.4 Å². The molecule has 1 aromatic heterocycles. The number of carbonyl (C=O) groups is 2. The average molecular weight is 293 g/mol. The molecule has 0 saturated heterocycles. The van der Waals surface area contributed by atoms with Gasteiger partial charge in [0.05, 0.1) is 5.69 Å². The highest BCUT2D eigenvalue weighted by molar-refractivity contribution is 5.87. The van der Waals surface area contributed by atoms with Crippen LogP contribution in [0.15, 0.2) is 0 Å². The second-order valence-corrected chi connectivity index (χ2v) is 5.92. The lowest BCUT2D eigenvalue weighted by atomic mass is 9.97. The molecule has 6 nitrogen and oxygen atoms in total. The molecule has 1 heterocycles. The molecule has 21 heavy (non-hydrogen) atoms. The van der Waals surface area contributed by atoms with Gasteiger partial charge in [-0.15, -0.1) is 0 Å². The fraction of sp³-hybridized carbons (Fsp3) is 0.667. The lowest BCUT2D eigenvalue weighted by Gasteiger charge is -2.25. The number of amides is 1. The fourth-order valence-electron chi connectivity index (χ4n) is 3.12. The lowest BCUT2D eigenvalue weighted by Crippen LogP contribution is -2.52. The minimum atomic E-state index is -1.05. The summed E-state index contributed by atoms with van der Waals surface area (Å²) in [4.78, 5) is 23.5. The van der Waals surface area contributed by atoms with Crippen molar-refractivity contribution in [3.05, 3.63) is 17.0 Å². The van der Waals surface area contributed by atoms with Gasteiger partial charge in [-0.2, -0.15) is 5.10 Å². The van der Waals surface area contributed by atoms with Gasteiger partial charge >= 0.3 is 5.97 Å². The van der Waals surface area contributed by atoms with Crippen molar-refractivity contribution in [2.75, 3.05) is 0 Å². The zero-order valence-corrected chi connectivity index (χ0v) is 12.9. The van der Waals surface area contributed by atoms with Crippen molar-refractivity contribution >= 4 is 11.9 Å². The van der Waals surface area contributed by atoms with E-state index in [0.29, 0.717) is 25.7 Å². The minimum Gasteiger partial charge on any atom is -0.480 e. The Morgan fingerprint density at radius 2 is 1.95 bits per heavy atom. The number of carbonyl (C=O) groups excluding carboxylic acids is 1. The number of aliphatic carboxylic acids is 1. The summed E-state index contributed by atoms with van der Waals surface area (Å²) in [6.45, 7) is 3.90. The normalized spacial score (nSPS) is 16.9. The molecule has 0 aliphatic heterocycles. The number of carboxylic acid groups (broad SMARTS) is 1. The van der Waals surface area contributed by atoms with Crippen LogP contribution in [-0.4, -0.2) is 32.3 Å². The monoisotopic (exact) mass is 293 g/mol. The van der Waals surface area contributed by atoms with E-state index in [-0.39, 0.29) is 5.91 Å². The third kappa shape index (κ3) is 3.09. The molecule has 1 aromatic rings. The van der Waals surface area contributed by atoms with Crippen LogP contribution in [0.3, 0.4) is 0 Å². The van der Waals surface area contributed by atoms with E-state index in [9.17, 15) is 14.7 Å². The summed E-state index contributed by atoms with van der Waals surface area (Å²) >= 11 is 0. The molecule has 1 saturated carbocycles. The first-order valence-corrected chi connectivity index (χ1v) is 7.39. The topological polar surface area (TPSA) is 84.2 Å². The molecule has 1 fully saturated rings. The van der Waals surface area contributed by atoms with Crippen molar-refractivity contribution in [2.24, 2.45) is 7.05 Å². The summed E-state index contributed by atoms with van der Waals surface area (Å²) < 4.78 is 1.80. The molecule has 0 aromatic carbocycles. The van der Waals surface area contributed by atoms with Crippen molar-refractivity contribution in [2.45, 2.75) is 57.9 Å². The Hall–Kier alpha value is -1.85. The summed E-state index contributed by atoms with van der Waals surface area (Å²) in [6, 6.07) is 0. The van der Waals surface area contributed by atoms with Gasteiger partial charge in [0.25, 0.3) is 0 Å². The summed E-state index contributed by atoms with van der Waals surface area (Å²) in [6.07, 6.45) is 3.65. The number of rotatable bonds is 5. The first-order valence-electron chi connectivity index (χ1n) is 7.39. The van der Waals surface area contributed by atoms with Crippen LogP contribution in [0.2, 0.25) is 0 Å². The van der Waals surface area contributed by atoms with E-state index in [1.54, 1.807) is 4.68 Å². The highest BCUT2D eigenvalue weighted by Gasteiger charge is 2.42. The molecule has 6 heteroatoms. The Bertz CT molecular complexity index is 557. The predicted molar refractivity (Wildman–Crippen MR) is 78.0 cm³/mol. The number of carboxylic acids is 1. The quantitative estimate of drug-likeness (QED) is 0.861. The van der Waals surface area contributed by atoms with Gasteiger partial charge in [-0.25, -0.2) is 4.79 Å². The number of hydrogen-bond acceptors (Lipinski definition) is 3. The zero-order chi connectivity index (χ0) is 15.6. The first-order chi connectivity index (χ1) is 9.85. The predicted octanol–water partition coefficient (Wildman–Crippen LogP) is 1.48. The van der Waals surface area contributed by atoms with Crippen LogP contribution in [0.25, 0.3) is 0 Å². The molecule has 0 radical (unpaired) electrons. The number of nitrogens with one attached hydrogen (secondary N) is 1. The van der Waals surface area contributed by atoms with Crippen LogP contribution >= 0.6 is 0 Å². The lowest BCUT2D eigenvalue weighted by molar-refractivity contribution is -0.147. The van der Waals surface area contributed by atoms with Crippen molar-refractivity contribution in [1.29, 1.82) is 0 Å². The second kappa shape index (κ2) is 5.87. The van der Waals surface area contributed by atoms with Gasteiger partial charge in [-0.1, -0.05) is 12.8 Å². The van der Waals surface area contributed by atoms with Gasteiger partial charge in [0, 0.05) is 19.2 Å². The average Bonchev–Trinajstić information content (AvgIpc) is 2.96. The van der Waals surface area contributed by atoms with Crippen LogP contribution in [0.5, 0.6) is 0 Å². The van der Waals surface area contributed by atoms with Crippen molar-refractivity contribution in [3.8, 4) is 0 Å². The third-order valence-electron chi connectivity index (χ3n) is 4.51. The Morgan fingerprint density at radius 3 is 2.43 bits per heavy atom. The van der Waals surface area contributed by atoms with Crippen LogP contribution < -0.4 is 5.32 Å². The van der Waals surface area contributed by atoms with Gasteiger partial charge in [0.2, 0.25) is 5.91 Å². The highest BCUT2D eigenvalue weighted by Crippen LogP contribution is 2.30. The smallest absolute Gasteiger partial charge is 0.329 e. The largest absolute Gasteiger partial charge is 0.480 e. The van der Waals surface area contributed by atoms with E-state index in [1.165, 1.54) is 0 Å². The Balaban J connectivity index is 1.97. The van der Waals surface area contributed by atoms with Gasteiger partial charge in [-0.05, 0) is 38.7 Å². The molecule has 1 aliphatic rings. The molecule has 1 amide bonds. The van der Waals surface area contributed by atoms with E-state index in [2.05, 4.69) is 10.4 Å². The molecule has 0 bridgehead atoms. The first kappa shape index (κ1) is 15.5. The molecule has 2 rings (SSSR count). The Morgan fingerprint density at radius 1 is 1.33 bits per heavy atom. The van der Waals surface area contributed by atoms with Crippen LogP contribution in [0.4, 0.5) is 0 Å². The molecule has 0 spiro atoms. The zero-order valence-electron chi connectivity index (χ0n) is 12.9. The number of aromatic nitrogens is 2. The summed E-state index contributed by atoms with van der Waals surface area (Å²) in [5.74, 6) is -1.11. The van der Waals surface area contributed by atoms with Crippen molar-refractivity contribution < 1.29 is 14.7 Å². The molecular weight excluding hydrogens is 270 g/mol. The maximum Gasteiger partial charge on any atom is 0.329 e. The Labute approximate surface area is 124 Å². The van der Waals surface area contributed by atoms with Crippen LogP contribution in [-0.2, 0) is 23.1 Å². The molecule has 1 aliphatic carbocycles. The number of aryl methyl sites for hydroxylation is 2. The number of hydrogen-bond donors (Lipinski definition) is 2. The summed E-state index contributed by atoms with van der Waals surface area (Å²) in [5, 5.41) is 16.4. The minimum absolute atomic E-state index is 0.193. The summed E-state index contributed by atoms with van der Waals surface area (Å²) in [5.41, 5.74) is 2.00. The number of nitrogens with zero attached hydrogens (tertiary/aromatic N) is 2. The molecular formula is C15H23N3O3. The van der Waals surface area contributed by atoms with E-state index >= 15 is 0 Å². The Kier molecular flexibility index (Phi) is 4.34. The van der Waals surface area contributed by atoms with Crippen molar-refractivity contribution in [1.82, 2.24) is 15.1 Å².